The molecule has 1 aromatic rings. The molecule has 0 atom stereocenters. The van der Waals surface area contributed by atoms with E-state index < -0.39 is 0 Å². The molecule has 0 radical (unpaired) electrons. The highest BCUT2D eigenvalue weighted by atomic mass is 35.5. The molecule has 1 heterocycles. The minimum absolute atomic E-state index is 0. The number of H-pyrrole nitrogens is 1. The lowest BCUT2D eigenvalue weighted by molar-refractivity contribution is 0.698. The normalized spacial score (nSPS) is 14.6. The standard InChI is InChI=1S/C9H15N3.2ClH/c10-6-9-7-4-2-1-3-5-8(7)11-12-9;;/h1-6,10H2,(H,11,12);2*1H. The van der Waals surface area contributed by atoms with Gasteiger partial charge in [0.1, 0.15) is 0 Å². The van der Waals surface area contributed by atoms with E-state index in [1.807, 2.05) is 0 Å². The molecule has 0 unspecified atom stereocenters. The van der Waals surface area contributed by atoms with Gasteiger partial charge in [0, 0.05) is 12.2 Å². The van der Waals surface area contributed by atoms with E-state index in [1.165, 1.54) is 36.9 Å². The van der Waals surface area contributed by atoms with Gasteiger partial charge in [-0.3, -0.25) is 5.10 Å². The van der Waals surface area contributed by atoms with Gasteiger partial charge in [0.05, 0.1) is 5.69 Å². The summed E-state index contributed by atoms with van der Waals surface area (Å²) in [6, 6.07) is 0. The van der Waals surface area contributed by atoms with Crippen LogP contribution in [0, 0.1) is 0 Å². The smallest absolute Gasteiger partial charge is 0.0792 e. The summed E-state index contributed by atoms with van der Waals surface area (Å²) in [5.41, 5.74) is 9.39. The van der Waals surface area contributed by atoms with Crippen LogP contribution in [-0.2, 0) is 19.4 Å². The van der Waals surface area contributed by atoms with Crippen molar-refractivity contribution >= 4 is 24.8 Å². The summed E-state index contributed by atoms with van der Waals surface area (Å²) >= 11 is 0. The van der Waals surface area contributed by atoms with Crippen LogP contribution in [0.15, 0.2) is 0 Å². The fourth-order valence-electron chi connectivity index (χ4n) is 1.90. The van der Waals surface area contributed by atoms with Crippen molar-refractivity contribution in [2.75, 3.05) is 0 Å². The molecule has 3 nitrogen and oxygen atoms in total. The number of nitrogens with zero attached hydrogens (tertiary/aromatic N) is 1. The Morgan fingerprint density at radius 1 is 1.14 bits per heavy atom. The Labute approximate surface area is 96.7 Å². The molecule has 0 saturated carbocycles. The SMILES string of the molecule is Cl.Cl.NCc1n[nH]c2c1CCCCC2. The number of nitrogens with one attached hydrogen (secondary N) is 1. The third-order valence-corrected chi connectivity index (χ3v) is 2.59. The molecule has 0 spiro atoms. The van der Waals surface area contributed by atoms with Crippen molar-refractivity contribution in [3.05, 3.63) is 17.0 Å². The van der Waals surface area contributed by atoms with E-state index in [-0.39, 0.29) is 24.8 Å². The maximum absolute atomic E-state index is 5.59. The van der Waals surface area contributed by atoms with Gasteiger partial charge in [0.2, 0.25) is 0 Å². The van der Waals surface area contributed by atoms with Gasteiger partial charge in [-0.05, 0) is 31.2 Å². The third kappa shape index (κ3) is 2.62. The van der Waals surface area contributed by atoms with Gasteiger partial charge < -0.3 is 5.73 Å². The van der Waals surface area contributed by atoms with Gasteiger partial charge in [-0.25, -0.2) is 0 Å². The van der Waals surface area contributed by atoms with Crippen LogP contribution in [0.1, 0.15) is 36.2 Å². The summed E-state index contributed by atoms with van der Waals surface area (Å²) in [7, 11) is 0. The highest BCUT2D eigenvalue weighted by Gasteiger charge is 2.13. The minimum atomic E-state index is 0. The number of fused-ring (bicyclic) bond motifs is 1. The fourth-order valence-corrected chi connectivity index (χ4v) is 1.90. The second-order valence-corrected chi connectivity index (χ2v) is 3.39. The van der Waals surface area contributed by atoms with Crippen LogP contribution in [0.2, 0.25) is 0 Å². The average Bonchev–Trinajstić information content (AvgIpc) is 2.33. The lowest BCUT2D eigenvalue weighted by Crippen LogP contribution is -2.00. The Morgan fingerprint density at radius 3 is 2.57 bits per heavy atom. The second kappa shape index (κ2) is 6.27. The van der Waals surface area contributed by atoms with Gasteiger partial charge in [0.15, 0.2) is 0 Å². The van der Waals surface area contributed by atoms with Gasteiger partial charge in [-0.15, -0.1) is 24.8 Å². The Balaban J connectivity index is 0.000000845. The molecule has 5 heteroatoms. The molecule has 1 aliphatic rings. The first-order valence-corrected chi connectivity index (χ1v) is 4.67. The second-order valence-electron chi connectivity index (χ2n) is 3.39. The van der Waals surface area contributed by atoms with Crippen LogP contribution < -0.4 is 5.73 Å². The zero-order valence-electron chi connectivity index (χ0n) is 8.08. The van der Waals surface area contributed by atoms with E-state index in [0.29, 0.717) is 6.54 Å². The average molecular weight is 238 g/mol. The molecule has 0 aliphatic heterocycles. The largest absolute Gasteiger partial charge is 0.325 e. The van der Waals surface area contributed by atoms with Crippen LogP contribution in [0.4, 0.5) is 0 Å². The Morgan fingerprint density at radius 2 is 1.86 bits per heavy atom. The maximum Gasteiger partial charge on any atom is 0.0792 e. The van der Waals surface area contributed by atoms with Crippen LogP contribution in [-0.4, -0.2) is 10.2 Å². The van der Waals surface area contributed by atoms with Crippen LogP contribution in [0.5, 0.6) is 0 Å². The van der Waals surface area contributed by atoms with Crippen molar-refractivity contribution in [2.45, 2.75) is 38.6 Å². The molecule has 14 heavy (non-hydrogen) atoms. The Kier molecular flexibility index (Phi) is 6.16. The minimum Gasteiger partial charge on any atom is -0.325 e. The highest BCUT2D eigenvalue weighted by Crippen LogP contribution is 2.20. The van der Waals surface area contributed by atoms with Crippen LogP contribution in [0.3, 0.4) is 0 Å². The molecular weight excluding hydrogens is 221 g/mol. The van der Waals surface area contributed by atoms with Crippen molar-refractivity contribution in [1.29, 1.82) is 0 Å². The lowest BCUT2D eigenvalue weighted by Gasteiger charge is -1.97. The van der Waals surface area contributed by atoms with Crippen molar-refractivity contribution in [2.24, 2.45) is 5.73 Å². The molecule has 0 fully saturated rings. The van der Waals surface area contributed by atoms with Crippen molar-refractivity contribution in [3.8, 4) is 0 Å². The summed E-state index contributed by atoms with van der Waals surface area (Å²) in [5.74, 6) is 0. The van der Waals surface area contributed by atoms with Crippen LogP contribution in [0.25, 0.3) is 0 Å². The molecule has 0 bridgehead atoms. The third-order valence-electron chi connectivity index (χ3n) is 2.59. The van der Waals surface area contributed by atoms with E-state index in [4.69, 9.17) is 5.73 Å². The molecule has 2 rings (SSSR count). The predicted octanol–water partition coefficient (Wildman–Crippen LogP) is 1.98. The summed E-state index contributed by atoms with van der Waals surface area (Å²) in [6.45, 7) is 0.575. The van der Waals surface area contributed by atoms with E-state index in [1.54, 1.807) is 0 Å². The predicted molar refractivity (Wildman–Crippen MR) is 62.2 cm³/mol. The number of nitrogens with two attached hydrogens (primary N) is 1. The number of rotatable bonds is 1. The maximum atomic E-state index is 5.59. The highest BCUT2D eigenvalue weighted by molar-refractivity contribution is 5.85. The lowest BCUT2D eigenvalue weighted by atomic mass is 10.1. The van der Waals surface area contributed by atoms with Crippen molar-refractivity contribution in [1.82, 2.24) is 10.2 Å². The van der Waals surface area contributed by atoms with E-state index in [0.717, 1.165) is 12.1 Å². The quantitative estimate of drug-likeness (QED) is 0.735. The number of aromatic nitrogens is 2. The van der Waals surface area contributed by atoms with Gasteiger partial charge >= 0.3 is 0 Å². The zero-order chi connectivity index (χ0) is 8.39. The number of hydrogen-bond acceptors (Lipinski definition) is 2. The van der Waals surface area contributed by atoms with Crippen molar-refractivity contribution in [3.63, 3.8) is 0 Å². The first-order valence-electron chi connectivity index (χ1n) is 4.67. The monoisotopic (exact) mass is 237 g/mol. The van der Waals surface area contributed by atoms with E-state index in [2.05, 4.69) is 10.2 Å². The first-order chi connectivity index (χ1) is 5.92. The molecule has 0 aromatic carbocycles. The van der Waals surface area contributed by atoms with Gasteiger partial charge in [-0.2, -0.15) is 5.10 Å². The molecule has 1 aliphatic carbocycles. The topological polar surface area (TPSA) is 54.7 Å². The summed E-state index contributed by atoms with van der Waals surface area (Å²) in [5, 5.41) is 7.30. The van der Waals surface area contributed by atoms with Crippen LogP contribution >= 0.6 is 24.8 Å². The molecule has 82 valence electrons. The van der Waals surface area contributed by atoms with E-state index in [9.17, 15) is 0 Å². The Bertz CT molecular complexity index is 273. The van der Waals surface area contributed by atoms with Gasteiger partial charge in [-0.1, -0.05) is 6.42 Å². The molecule has 0 amide bonds. The number of halogens is 2. The van der Waals surface area contributed by atoms with Crippen molar-refractivity contribution < 1.29 is 0 Å². The summed E-state index contributed by atoms with van der Waals surface area (Å²) in [6.07, 6.45) is 6.24. The first kappa shape index (κ1) is 13.8. The summed E-state index contributed by atoms with van der Waals surface area (Å²) in [4.78, 5) is 0. The fraction of sp³-hybridized carbons (Fsp3) is 0.667. The molecule has 1 aromatic heterocycles. The summed E-state index contributed by atoms with van der Waals surface area (Å²) < 4.78 is 0. The molecule has 3 N–H and O–H groups in total. The molecular formula is C9H17Cl2N3. The number of aromatic amines is 1. The number of aryl methyl sites for hydroxylation is 1. The Hall–Kier alpha value is -0.250. The zero-order valence-corrected chi connectivity index (χ0v) is 9.72. The number of hydrogen-bond donors (Lipinski definition) is 2. The van der Waals surface area contributed by atoms with Gasteiger partial charge in [0.25, 0.3) is 0 Å². The van der Waals surface area contributed by atoms with E-state index >= 15 is 0 Å². The molecule has 0 saturated heterocycles.